The van der Waals surface area contributed by atoms with Gasteiger partial charge in [-0.1, -0.05) is 105 Å². The molecule has 2 aromatic heterocycles. The minimum Gasteiger partial charge on any atom is -0.450 e. The second-order valence-electron chi connectivity index (χ2n) is 17.1. The molecule has 2 rings (SSSR count). The molecule has 0 aliphatic rings. The average Bonchev–Trinajstić information content (AvgIpc) is 3.31. The molecule has 8 N–H and O–H groups in total. The van der Waals surface area contributed by atoms with Crippen LogP contribution in [0.2, 0.25) is 0 Å². The van der Waals surface area contributed by atoms with Crippen LogP contribution in [-0.2, 0) is 9.47 Å². The zero-order valence-corrected chi connectivity index (χ0v) is 41.8. The number of nitrogens with zero attached hydrogens (tertiary/aromatic N) is 4. The number of nitrogens with one attached hydrogen (secondary N) is 8. The summed E-state index contributed by atoms with van der Waals surface area (Å²) < 4.78 is 10.6. The van der Waals surface area contributed by atoms with Crippen molar-refractivity contribution in [3.05, 3.63) is 32.8 Å². The Kier molecular flexibility index (Phi) is 33.1. The van der Waals surface area contributed by atoms with Crippen molar-refractivity contribution in [3.63, 3.8) is 0 Å². The zero-order valence-electron chi connectivity index (χ0n) is 41.8. The normalized spacial score (nSPS) is 10.8. The molecule has 2 aromatic rings. The predicted octanol–water partition coefficient (Wildman–Crippen LogP) is 8.52. The van der Waals surface area contributed by atoms with E-state index in [2.05, 4.69) is 89.3 Å². The van der Waals surface area contributed by atoms with Gasteiger partial charge in [-0.05, 0) is 64.2 Å². The van der Waals surface area contributed by atoms with Gasteiger partial charge in [-0.15, -0.1) is 0 Å². The highest BCUT2D eigenvalue weighted by Crippen LogP contribution is 2.15. The van der Waals surface area contributed by atoms with Crippen LogP contribution in [0.15, 0.2) is 21.7 Å². The molecule has 386 valence electrons. The van der Waals surface area contributed by atoms with Gasteiger partial charge in [0.05, 0.1) is 13.2 Å². The largest absolute Gasteiger partial charge is 0.450 e. The van der Waals surface area contributed by atoms with Crippen LogP contribution >= 0.6 is 0 Å². The van der Waals surface area contributed by atoms with Gasteiger partial charge < -0.3 is 40.5 Å². The lowest BCUT2D eigenvalue weighted by atomic mass is 10.1. The molecule has 6 amide bonds. The molecule has 0 saturated heterocycles. The third-order valence-corrected chi connectivity index (χ3v) is 11.0. The summed E-state index contributed by atoms with van der Waals surface area (Å²) in [6.45, 7) is 14.5. The van der Waals surface area contributed by atoms with Crippen LogP contribution in [0.3, 0.4) is 0 Å². The molecular weight excluding hydrogens is 873 g/mol. The number of H-pyrrole nitrogens is 2. The molecular formula is C48H86N12O8. The van der Waals surface area contributed by atoms with Crippen molar-refractivity contribution in [1.29, 1.82) is 0 Å². The Bertz CT molecular complexity index is 1650. The second-order valence-corrected chi connectivity index (χ2v) is 17.1. The summed E-state index contributed by atoms with van der Waals surface area (Å²) in [4.78, 5) is 91.8. The van der Waals surface area contributed by atoms with E-state index < -0.39 is 24.2 Å². The van der Waals surface area contributed by atoms with Gasteiger partial charge in [0.1, 0.15) is 11.6 Å². The number of alkyl carbamates (subject to hydrolysis) is 2. The SMILES string of the molecule is CCCCN(CCCC)c1cc(=O)[nH]c(NC(=O)NCCCCCCNC(=O)OCCCCCCCCOC(=O)NCCCCCCNC(=O)Nc2nc(N(CCCC)CCCC)cc(=O)[nH]2)n1. The van der Waals surface area contributed by atoms with Crippen molar-refractivity contribution in [2.24, 2.45) is 0 Å². The number of ether oxygens (including phenoxy) is 2. The number of carbonyl (C=O) groups excluding carboxylic acids is 4. The summed E-state index contributed by atoms with van der Waals surface area (Å²) in [6, 6.07) is 2.10. The number of hydrogen-bond acceptors (Lipinski definition) is 12. The fourth-order valence-corrected chi connectivity index (χ4v) is 7.05. The molecule has 0 atom stereocenters. The van der Waals surface area contributed by atoms with E-state index >= 15 is 0 Å². The molecule has 0 aliphatic heterocycles. The molecule has 0 bridgehead atoms. The summed E-state index contributed by atoms with van der Waals surface area (Å²) in [5, 5.41) is 16.5. The van der Waals surface area contributed by atoms with Gasteiger partial charge in [0.15, 0.2) is 0 Å². The minimum atomic E-state index is -0.423. The number of carbonyl (C=O) groups is 4. The van der Waals surface area contributed by atoms with Crippen LogP contribution in [0, 0.1) is 0 Å². The van der Waals surface area contributed by atoms with Gasteiger partial charge in [0.2, 0.25) is 11.9 Å². The molecule has 0 spiro atoms. The maximum atomic E-state index is 12.4. The summed E-state index contributed by atoms with van der Waals surface area (Å²) in [5.74, 6) is 1.39. The van der Waals surface area contributed by atoms with E-state index in [1.54, 1.807) is 0 Å². The first-order valence-electron chi connectivity index (χ1n) is 25.7. The molecule has 0 saturated carbocycles. The molecule has 0 radical (unpaired) electrons. The molecule has 0 aromatic carbocycles. The maximum absolute atomic E-state index is 12.4. The second kappa shape index (κ2) is 38.4. The lowest BCUT2D eigenvalue weighted by Crippen LogP contribution is -2.32. The van der Waals surface area contributed by atoms with Crippen molar-refractivity contribution in [2.45, 2.75) is 169 Å². The Morgan fingerprint density at radius 3 is 1.10 bits per heavy atom. The van der Waals surface area contributed by atoms with Crippen molar-refractivity contribution in [2.75, 3.05) is 86.0 Å². The van der Waals surface area contributed by atoms with Crippen molar-refractivity contribution >= 4 is 47.8 Å². The number of aromatic amines is 2. The molecule has 68 heavy (non-hydrogen) atoms. The number of unbranched alkanes of at least 4 members (excludes halogenated alkanes) is 15. The van der Waals surface area contributed by atoms with Crippen LogP contribution in [0.1, 0.15) is 169 Å². The van der Waals surface area contributed by atoms with Crippen molar-refractivity contribution < 1.29 is 28.7 Å². The number of hydrogen-bond donors (Lipinski definition) is 8. The lowest BCUT2D eigenvalue weighted by Gasteiger charge is -2.23. The van der Waals surface area contributed by atoms with E-state index in [4.69, 9.17) is 9.47 Å². The van der Waals surface area contributed by atoms with Crippen molar-refractivity contribution in [1.82, 2.24) is 41.2 Å². The number of amides is 6. The molecule has 0 unspecified atom stereocenters. The monoisotopic (exact) mass is 959 g/mol. The molecule has 20 heteroatoms. The van der Waals surface area contributed by atoms with Crippen LogP contribution in [0.4, 0.5) is 42.7 Å². The van der Waals surface area contributed by atoms with Crippen LogP contribution in [0.5, 0.6) is 0 Å². The quantitative estimate of drug-likeness (QED) is 0.0294. The highest BCUT2D eigenvalue weighted by Gasteiger charge is 2.14. The maximum Gasteiger partial charge on any atom is 0.407 e. The van der Waals surface area contributed by atoms with E-state index in [9.17, 15) is 28.8 Å². The highest BCUT2D eigenvalue weighted by molar-refractivity contribution is 5.88. The molecule has 2 heterocycles. The first-order chi connectivity index (χ1) is 33.1. The summed E-state index contributed by atoms with van der Waals surface area (Å²) in [7, 11) is 0. The third-order valence-electron chi connectivity index (χ3n) is 11.0. The smallest absolute Gasteiger partial charge is 0.407 e. The van der Waals surface area contributed by atoms with Gasteiger partial charge >= 0.3 is 24.2 Å². The van der Waals surface area contributed by atoms with Gasteiger partial charge in [0.25, 0.3) is 11.1 Å². The van der Waals surface area contributed by atoms with E-state index in [1.807, 2.05) is 0 Å². The first kappa shape index (κ1) is 58.6. The number of rotatable bonds is 39. The predicted molar refractivity (Wildman–Crippen MR) is 271 cm³/mol. The Balaban J connectivity index is 1.38. The van der Waals surface area contributed by atoms with Gasteiger partial charge in [-0.2, -0.15) is 9.97 Å². The van der Waals surface area contributed by atoms with Gasteiger partial charge in [0, 0.05) is 64.5 Å². The molecule has 0 fully saturated rings. The fourth-order valence-electron chi connectivity index (χ4n) is 7.05. The standard InChI is InChI=1S/C48H86N12O8/c1-5-9-31-59(32-10-6-2)39-37-41(61)55-43(53-39)57-45(63)49-27-21-15-17-23-29-51-47(65)67-35-25-19-13-14-20-26-36-68-48(66)52-30-24-18-16-22-28-50-46(64)58-44-54-40(38-42(62)56-44)60(33-11-7-3)34-12-8-4/h37-38H,5-36H2,1-4H3,(H,51,65)(H,52,66)(H3,49,53,55,57,61,63)(H3,50,54,56,58,62,64). The first-order valence-corrected chi connectivity index (χ1v) is 25.7. The highest BCUT2D eigenvalue weighted by atomic mass is 16.6. The lowest BCUT2D eigenvalue weighted by molar-refractivity contribution is 0.141. The van der Waals surface area contributed by atoms with E-state index in [-0.39, 0.29) is 23.0 Å². The Morgan fingerprint density at radius 1 is 0.456 bits per heavy atom. The van der Waals surface area contributed by atoms with Crippen LogP contribution < -0.4 is 52.8 Å². The fraction of sp³-hybridized carbons (Fsp3) is 0.750. The molecule has 0 aliphatic carbocycles. The van der Waals surface area contributed by atoms with Crippen LogP contribution in [-0.4, -0.2) is 110 Å². The number of anilines is 4. The van der Waals surface area contributed by atoms with Crippen molar-refractivity contribution in [3.8, 4) is 0 Å². The molecule has 20 nitrogen and oxygen atoms in total. The summed E-state index contributed by atoms with van der Waals surface area (Å²) in [6.07, 6.45) is 19.5. The number of urea groups is 2. The Morgan fingerprint density at radius 2 is 0.765 bits per heavy atom. The van der Waals surface area contributed by atoms with E-state index in [0.717, 1.165) is 167 Å². The van der Waals surface area contributed by atoms with E-state index in [1.165, 1.54) is 12.1 Å². The van der Waals surface area contributed by atoms with E-state index in [0.29, 0.717) is 51.0 Å². The summed E-state index contributed by atoms with van der Waals surface area (Å²) >= 11 is 0. The Labute approximate surface area is 404 Å². The van der Waals surface area contributed by atoms with Crippen LogP contribution in [0.25, 0.3) is 0 Å². The minimum absolute atomic E-state index is 0.126. The van der Waals surface area contributed by atoms with Gasteiger partial charge in [-0.3, -0.25) is 30.2 Å². The average molecular weight is 959 g/mol. The topological polar surface area (TPSA) is 257 Å². The summed E-state index contributed by atoms with van der Waals surface area (Å²) in [5.41, 5.74) is -0.620. The Hall–Kier alpha value is -5.56. The van der Waals surface area contributed by atoms with Gasteiger partial charge in [-0.25, -0.2) is 19.2 Å². The third kappa shape index (κ3) is 29.3. The zero-order chi connectivity index (χ0) is 49.5. The number of aromatic nitrogens is 4.